The summed E-state index contributed by atoms with van der Waals surface area (Å²) >= 11 is 1.81. The summed E-state index contributed by atoms with van der Waals surface area (Å²) in [5.41, 5.74) is 1.19. The Kier molecular flexibility index (Phi) is 3.43. The molecule has 11 heavy (non-hydrogen) atoms. The minimum Gasteiger partial charge on any atom is -0.250 e. The van der Waals surface area contributed by atoms with Crippen LogP contribution in [0.2, 0.25) is 0 Å². The highest BCUT2D eigenvalue weighted by Crippen LogP contribution is 2.20. The van der Waals surface area contributed by atoms with Gasteiger partial charge in [-0.05, 0) is 19.4 Å². The van der Waals surface area contributed by atoms with Crippen molar-refractivity contribution in [1.29, 1.82) is 0 Å². The predicted molar refractivity (Wildman–Crippen MR) is 53.1 cm³/mol. The first-order chi connectivity index (χ1) is 5.33. The second-order valence-corrected chi connectivity index (χ2v) is 3.58. The largest absolute Gasteiger partial charge is 0.250 e. The second kappa shape index (κ2) is 4.39. The van der Waals surface area contributed by atoms with Crippen molar-refractivity contribution < 1.29 is 0 Å². The van der Waals surface area contributed by atoms with E-state index in [-0.39, 0.29) is 0 Å². The molecule has 0 unspecified atom stereocenters. The normalized spacial score (nSPS) is 21.6. The Bertz CT molecular complexity index is 214. The van der Waals surface area contributed by atoms with Crippen molar-refractivity contribution in [3.8, 4) is 0 Å². The van der Waals surface area contributed by atoms with Crippen LogP contribution < -0.4 is 0 Å². The van der Waals surface area contributed by atoms with E-state index < -0.39 is 0 Å². The fraction of sp³-hybridized carbons (Fsp3) is 0.444. The van der Waals surface area contributed by atoms with E-state index in [0.717, 1.165) is 12.2 Å². The fourth-order valence-corrected chi connectivity index (χ4v) is 1.55. The van der Waals surface area contributed by atoms with Gasteiger partial charge < -0.3 is 0 Å². The summed E-state index contributed by atoms with van der Waals surface area (Å²) < 4.78 is 0. The van der Waals surface area contributed by atoms with Crippen LogP contribution in [0.4, 0.5) is 0 Å². The van der Waals surface area contributed by atoms with Crippen LogP contribution in [0, 0.1) is 0 Å². The molecule has 1 aliphatic rings. The van der Waals surface area contributed by atoms with Crippen LogP contribution >= 0.6 is 11.8 Å². The number of thioether (sulfide) groups is 1. The molecule has 1 rings (SSSR count). The minimum atomic E-state index is 1.04. The molecule has 0 N–H and O–H groups in total. The van der Waals surface area contributed by atoms with Gasteiger partial charge in [0.25, 0.3) is 0 Å². The van der Waals surface area contributed by atoms with E-state index >= 15 is 0 Å². The standard InChI is InChI=1S/C9H13NS/c1-3-4-5-6-9-7-11-8(2)10-9/h4-6H,3,7H2,1-2H3/b5-4-,9-6+. The van der Waals surface area contributed by atoms with E-state index in [2.05, 4.69) is 37.1 Å². The lowest BCUT2D eigenvalue weighted by Gasteiger charge is -1.84. The zero-order chi connectivity index (χ0) is 8.10. The summed E-state index contributed by atoms with van der Waals surface area (Å²) in [6.45, 7) is 4.18. The molecule has 0 aromatic carbocycles. The molecule has 0 radical (unpaired) electrons. The van der Waals surface area contributed by atoms with E-state index in [0.29, 0.717) is 0 Å². The maximum absolute atomic E-state index is 4.35. The molecular formula is C9H13NS. The van der Waals surface area contributed by atoms with Gasteiger partial charge in [-0.3, -0.25) is 4.99 Å². The lowest BCUT2D eigenvalue weighted by atomic mass is 10.3. The van der Waals surface area contributed by atoms with Crippen molar-refractivity contribution in [3.63, 3.8) is 0 Å². The van der Waals surface area contributed by atoms with Gasteiger partial charge in [-0.25, -0.2) is 0 Å². The topological polar surface area (TPSA) is 12.4 Å². The molecule has 0 amide bonds. The molecule has 0 saturated heterocycles. The number of nitrogens with zero attached hydrogens (tertiary/aromatic N) is 1. The van der Waals surface area contributed by atoms with Gasteiger partial charge in [0.1, 0.15) is 0 Å². The van der Waals surface area contributed by atoms with Crippen LogP contribution in [-0.2, 0) is 0 Å². The maximum Gasteiger partial charge on any atom is 0.0707 e. The summed E-state index contributed by atoms with van der Waals surface area (Å²) in [4.78, 5) is 4.35. The van der Waals surface area contributed by atoms with Crippen LogP contribution in [0.5, 0.6) is 0 Å². The predicted octanol–water partition coefficient (Wildman–Crippen LogP) is 3.00. The Morgan fingerprint density at radius 1 is 1.64 bits per heavy atom. The molecule has 0 aromatic rings. The van der Waals surface area contributed by atoms with Gasteiger partial charge >= 0.3 is 0 Å². The molecule has 0 atom stereocenters. The third kappa shape index (κ3) is 2.93. The molecule has 0 saturated carbocycles. The second-order valence-electron chi connectivity index (χ2n) is 2.41. The molecule has 1 aliphatic heterocycles. The van der Waals surface area contributed by atoms with Crippen molar-refractivity contribution in [1.82, 2.24) is 0 Å². The summed E-state index contributed by atoms with van der Waals surface area (Å²) in [6.07, 6.45) is 7.41. The molecular weight excluding hydrogens is 154 g/mol. The lowest BCUT2D eigenvalue weighted by Crippen LogP contribution is -1.72. The molecule has 1 nitrogen and oxygen atoms in total. The van der Waals surface area contributed by atoms with Gasteiger partial charge in [0.2, 0.25) is 0 Å². The Hall–Kier alpha value is -0.500. The first-order valence-corrected chi connectivity index (χ1v) is 4.85. The molecule has 1 heterocycles. The fourth-order valence-electron chi connectivity index (χ4n) is 0.846. The first-order valence-electron chi connectivity index (χ1n) is 3.86. The molecule has 0 aliphatic carbocycles. The Morgan fingerprint density at radius 2 is 2.45 bits per heavy atom. The highest BCUT2D eigenvalue weighted by molar-refractivity contribution is 8.14. The molecule has 0 aromatic heterocycles. The Balaban J connectivity index is 2.49. The minimum absolute atomic E-state index is 1.04. The van der Waals surface area contributed by atoms with Crippen molar-refractivity contribution in [2.24, 2.45) is 4.99 Å². The molecule has 60 valence electrons. The van der Waals surface area contributed by atoms with Gasteiger partial charge in [0, 0.05) is 5.75 Å². The number of hydrogen-bond acceptors (Lipinski definition) is 2. The maximum atomic E-state index is 4.35. The van der Waals surface area contributed by atoms with Gasteiger partial charge in [0.05, 0.1) is 10.7 Å². The quantitative estimate of drug-likeness (QED) is 0.616. The van der Waals surface area contributed by atoms with Crippen LogP contribution in [0.15, 0.2) is 28.9 Å². The highest BCUT2D eigenvalue weighted by atomic mass is 32.2. The first kappa shape index (κ1) is 8.60. The molecule has 0 spiro atoms. The van der Waals surface area contributed by atoms with Crippen LogP contribution in [-0.4, -0.2) is 10.8 Å². The van der Waals surface area contributed by atoms with Crippen LogP contribution in [0.3, 0.4) is 0 Å². The molecule has 0 fully saturated rings. The average Bonchev–Trinajstić information content (AvgIpc) is 2.37. The van der Waals surface area contributed by atoms with Gasteiger partial charge in [0.15, 0.2) is 0 Å². The van der Waals surface area contributed by atoms with E-state index in [1.54, 1.807) is 0 Å². The molecule has 2 heteroatoms. The third-order valence-electron chi connectivity index (χ3n) is 1.39. The number of hydrogen-bond donors (Lipinski definition) is 0. The zero-order valence-electron chi connectivity index (χ0n) is 7.00. The van der Waals surface area contributed by atoms with Gasteiger partial charge in [-0.2, -0.15) is 0 Å². The highest BCUT2D eigenvalue weighted by Gasteiger charge is 2.05. The van der Waals surface area contributed by atoms with E-state index in [4.69, 9.17) is 0 Å². The number of aliphatic imine (C=N–C) groups is 1. The van der Waals surface area contributed by atoms with E-state index in [1.807, 2.05) is 11.8 Å². The molecule has 0 bridgehead atoms. The van der Waals surface area contributed by atoms with Crippen LogP contribution in [0.1, 0.15) is 20.3 Å². The summed E-state index contributed by atoms with van der Waals surface area (Å²) in [5, 5.41) is 1.18. The van der Waals surface area contributed by atoms with Crippen LogP contribution in [0.25, 0.3) is 0 Å². The smallest absolute Gasteiger partial charge is 0.0707 e. The van der Waals surface area contributed by atoms with E-state index in [1.165, 1.54) is 10.7 Å². The monoisotopic (exact) mass is 167 g/mol. The number of allylic oxidation sites excluding steroid dienone is 3. The zero-order valence-corrected chi connectivity index (χ0v) is 7.82. The summed E-state index contributed by atoms with van der Waals surface area (Å²) in [5.74, 6) is 1.04. The van der Waals surface area contributed by atoms with Gasteiger partial charge in [-0.15, -0.1) is 11.8 Å². The van der Waals surface area contributed by atoms with E-state index in [9.17, 15) is 0 Å². The van der Waals surface area contributed by atoms with Gasteiger partial charge in [-0.1, -0.05) is 19.1 Å². The van der Waals surface area contributed by atoms with Crippen molar-refractivity contribution in [2.75, 3.05) is 5.75 Å². The Morgan fingerprint density at radius 3 is 3.00 bits per heavy atom. The van der Waals surface area contributed by atoms with Crippen molar-refractivity contribution >= 4 is 16.8 Å². The Labute approximate surface area is 72.3 Å². The third-order valence-corrected chi connectivity index (χ3v) is 2.34. The summed E-state index contributed by atoms with van der Waals surface area (Å²) in [7, 11) is 0. The summed E-state index contributed by atoms with van der Waals surface area (Å²) in [6, 6.07) is 0. The lowest BCUT2D eigenvalue weighted by molar-refractivity contribution is 1.22. The van der Waals surface area contributed by atoms with Crippen molar-refractivity contribution in [3.05, 3.63) is 23.9 Å². The SMILES string of the molecule is CC/C=C\C=C1/CSC(C)=N1. The number of rotatable bonds is 2. The van der Waals surface area contributed by atoms with Crippen molar-refractivity contribution in [2.45, 2.75) is 20.3 Å². The average molecular weight is 167 g/mol.